The van der Waals surface area contributed by atoms with Crippen LogP contribution < -0.4 is 5.32 Å². The van der Waals surface area contributed by atoms with Crippen molar-refractivity contribution in [1.82, 2.24) is 25.5 Å². The highest BCUT2D eigenvalue weighted by Gasteiger charge is 2.14. The lowest BCUT2D eigenvalue weighted by molar-refractivity contribution is 0.0916. The highest BCUT2D eigenvalue weighted by atomic mass is 16.3. The van der Waals surface area contributed by atoms with Crippen LogP contribution in [-0.2, 0) is 6.42 Å². The number of aromatic nitrogens is 4. The van der Waals surface area contributed by atoms with Gasteiger partial charge in [0.2, 0.25) is 0 Å². The largest absolute Gasteiger partial charge is 0.394 e. The van der Waals surface area contributed by atoms with E-state index in [-0.39, 0.29) is 18.6 Å². The molecule has 2 aromatic carbocycles. The van der Waals surface area contributed by atoms with E-state index < -0.39 is 0 Å². The Morgan fingerprint density at radius 3 is 2.71 bits per heavy atom. The fourth-order valence-corrected chi connectivity index (χ4v) is 2.40. The summed E-state index contributed by atoms with van der Waals surface area (Å²) < 4.78 is 1.48. The molecule has 0 saturated heterocycles. The van der Waals surface area contributed by atoms with Gasteiger partial charge < -0.3 is 10.4 Å². The number of nitrogens with zero attached hydrogens (tertiary/aromatic N) is 4. The molecule has 3 aromatic rings. The monoisotopic (exact) mass is 323 g/mol. The van der Waals surface area contributed by atoms with E-state index in [0.29, 0.717) is 17.7 Å². The van der Waals surface area contributed by atoms with Crippen LogP contribution in [0.4, 0.5) is 0 Å². The van der Waals surface area contributed by atoms with Crippen molar-refractivity contribution in [3.8, 4) is 5.69 Å². The predicted octanol–water partition coefficient (Wildman–Crippen LogP) is 0.996. The SMILES string of the molecule is O=C(NC(CO)Cc1ccccc1)c1cccc(-n2cnnn2)c1. The summed E-state index contributed by atoms with van der Waals surface area (Å²) in [4.78, 5) is 12.4. The number of nitrogens with one attached hydrogen (secondary N) is 1. The number of carbonyl (C=O) groups is 1. The first-order valence-electron chi connectivity index (χ1n) is 7.55. The van der Waals surface area contributed by atoms with Gasteiger partial charge in [-0.3, -0.25) is 4.79 Å². The van der Waals surface area contributed by atoms with Gasteiger partial charge >= 0.3 is 0 Å². The number of benzene rings is 2. The van der Waals surface area contributed by atoms with Crippen LogP contribution in [-0.4, -0.2) is 43.9 Å². The number of hydrogen-bond donors (Lipinski definition) is 2. The van der Waals surface area contributed by atoms with Crippen LogP contribution in [0.2, 0.25) is 0 Å². The Bertz CT molecular complexity index is 790. The molecule has 1 atom stereocenters. The molecule has 1 heterocycles. The van der Waals surface area contributed by atoms with E-state index in [4.69, 9.17) is 0 Å². The molecule has 0 saturated carbocycles. The summed E-state index contributed by atoms with van der Waals surface area (Å²) in [6.45, 7) is -0.132. The van der Waals surface area contributed by atoms with Gasteiger partial charge in [-0.1, -0.05) is 36.4 Å². The summed E-state index contributed by atoms with van der Waals surface area (Å²) in [7, 11) is 0. The fraction of sp³-hybridized carbons (Fsp3) is 0.176. The van der Waals surface area contributed by atoms with Crippen molar-refractivity contribution in [1.29, 1.82) is 0 Å². The molecule has 2 N–H and O–H groups in total. The van der Waals surface area contributed by atoms with Crippen LogP contribution in [0.25, 0.3) is 5.69 Å². The van der Waals surface area contributed by atoms with E-state index in [9.17, 15) is 9.90 Å². The van der Waals surface area contributed by atoms with Crippen molar-refractivity contribution in [3.05, 3.63) is 72.1 Å². The Hall–Kier alpha value is -3.06. The first kappa shape index (κ1) is 15.8. The molecule has 0 aliphatic heterocycles. The average Bonchev–Trinajstić information content (AvgIpc) is 3.17. The summed E-state index contributed by atoms with van der Waals surface area (Å²) in [6.07, 6.45) is 2.03. The lowest BCUT2D eigenvalue weighted by Gasteiger charge is -2.16. The number of rotatable bonds is 6. The molecule has 0 radical (unpaired) electrons. The molecule has 24 heavy (non-hydrogen) atoms. The van der Waals surface area contributed by atoms with Crippen molar-refractivity contribution in [2.24, 2.45) is 0 Å². The smallest absolute Gasteiger partial charge is 0.251 e. The van der Waals surface area contributed by atoms with E-state index in [1.165, 1.54) is 11.0 Å². The van der Waals surface area contributed by atoms with Gasteiger partial charge in [0.25, 0.3) is 5.91 Å². The number of tetrazole rings is 1. The number of amides is 1. The molecule has 0 fully saturated rings. The molecular weight excluding hydrogens is 306 g/mol. The van der Waals surface area contributed by atoms with E-state index in [2.05, 4.69) is 20.8 Å². The molecule has 0 spiro atoms. The Morgan fingerprint density at radius 2 is 2.00 bits per heavy atom. The van der Waals surface area contributed by atoms with E-state index >= 15 is 0 Å². The molecule has 7 heteroatoms. The van der Waals surface area contributed by atoms with Gasteiger partial charge in [0.15, 0.2) is 0 Å². The van der Waals surface area contributed by atoms with E-state index in [1.807, 2.05) is 30.3 Å². The lowest BCUT2D eigenvalue weighted by atomic mass is 10.1. The maximum Gasteiger partial charge on any atom is 0.251 e. The topological polar surface area (TPSA) is 92.9 Å². The molecule has 0 bridgehead atoms. The van der Waals surface area contributed by atoms with Gasteiger partial charge in [-0.2, -0.15) is 0 Å². The Labute approximate surface area is 138 Å². The molecule has 1 aromatic heterocycles. The third-order valence-corrected chi connectivity index (χ3v) is 3.60. The fourth-order valence-electron chi connectivity index (χ4n) is 2.40. The summed E-state index contributed by atoms with van der Waals surface area (Å²) >= 11 is 0. The number of aliphatic hydroxyl groups is 1. The van der Waals surface area contributed by atoms with Gasteiger partial charge in [0, 0.05) is 5.56 Å². The van der Waals surface area contributed by atoms with Crippen molar-refractivity contribution >= 4 is 5.91 Å². The maximum atomic E-state index is 12.4. The van der Waals surface area contributed by atoms with E-state index in [0.717, 1.165) is 5.56 Å². The first-order chi connectivity index (χ1) is 11.8. The predicted molar refractivity (Wildman–Crippen MR) is 87.6 cm³/mol. The lowest BCUT2D eigenvalue weighted by Crippen LogP contribution is -2.39. The van der Waals surface area contributed by atoms with Gasteiger partial charge in [-0.05, 0) is 40.6 Å². The number of carbonyl (C=O) groups excluding carboxylic acids is 1. The molecule has 0 aliphatic carbocycles. The molecule has 7 nitrogen and oxygen atoms in total. The van der Waals surface area contributed by atoms with Gasteiger partial charge in [-0.15, -0.1) is 5.10 Å². The second kappa shape index (κ2) is 7.47. The minimum absolute atomic E-state index is 0.132. The van der Waals surface area contributed by atoms with E-state index in [1.54, 1.807) is 24.3 Å². The van der Waals surface area contributed by atoms with Crippen LogP contribution in [0.3, 0.4) is 0 Å². The average molecular weight is 323 g/mol. The number of hydrogen-bond acceptors (Lipinski definition) is 5. The molecular formula is C17H17N5O2. The second-order valence-corrected chi connectivity index (χ2v) is 5.35. The molecule has 0 aliphatic rings. The zero-order chi connectivity index (χ0) is 16.8. The van der Waals surface area contributed by atoms with Crippen molar-refractivity contribution in [2.45, 2.75) is 12.5 Å². The van der Waals surface area contributed by atoms with Crippen molar-refractivity contribution in [3.63, 3.8) is 0 Å². The van der Waals surface area contributed by atoms with Crippen LogP contribution >= 0.6 is 0 Å². The highest BCUT2D eigenvalue weighted by molar-refractivity contribution is 5.94. The zero-order valence-electron chi connectivity index (χ0n) is 12.9. The summed E-state index contributed by atoms with van der Waals surface area (Å²) in [5.74, 6) is -0.250. The second-order valence-electron chi connectivity index (χ2n) is 5.35. The van der Waals surface area contributed by atoms with Gasteiger partial charge in [0.05, 0.1) is 18.3 Å². The van der Waals surface area contributed by atoms with Crippen LogP contribution in [0.15, 0.2) is 60.9 Å². The van der Waals surface area contributed by atoms with Crippen LogP contribution in [0, 0.1) is 0 Å². The Morgan fingerprint density at radius 1 is 1.17 bits per heavy atom. The maximum absolute atomic E-state index is 12.4. The van der Waals surface area contributed by atoms with Crippen LogP contribution in [0.1, 0.15) is 15.9 Å². The standard InChI is InChI=1S/C17H17N5O2/c23-11-15(9-13-5-2-1-3-6-13)19-17(24)14-7-4-8-16(10-14)22-12-18-20-21-22/h1-8,10,12,15,23H,9,11H2,(H,19,24). The summed E-state index contributed by atoms with van der Waals surface area (Å²) in [5, 5.41) is 23.4. The third-order valence-electron chi connectivity index (χ3n) is 3.60. The van der Waals surface area contributed by atoms with Crippen molar-refractivity contribution < 1.29 is 9.90 Å². The molecule has 1 amide bonds. The Balaban J connectivity index is 1.70. The highest BCUT2D eigenvalue weighted by Crippen LogP contribution is 2.10. The summed E-state index contributed by atoms with van der Waals surface area (Å²) in [6, 6.07) is 16.3. The van der Waals surface area contributed by atoms with Crippen LogP contribution in [0.5, 0.6) is 0 Å². The van der Waals surface area contributed by atoms with Gasteiger partial charge in [-0.25, -0.2) is 4.68 Å². The number of aliphatic hydroxyl groups excluding tert-OH is 1. The minimum atomic E-state index is -0.350. The zero-order valence-corrected chi connectivity index (χ0v) is 12.9. The van der Waals surface area contributed by atoms with Gasteiger partial charge in [0.1, 0.15) is 6.33 Å². The first-order valence-corrected chi connectivity index (χ1v) is 7.55. The quantitative estimate of drug-likeness (QED) is 0.706. The summed E-state index contributed by atoms with van der Waals surface area (Å²) in [5.41, 5.74) is 2.23. The normalized spacial score (nSPS) is 11.9. The molecule has 3 rings (SSSR count). The van der Waals surface area contributed by atoms with Crippen molar-refractivity contribution in [2.75, 3.05) is 6.61 Å². The third kappa shape index (κ3) is 3.82. The minimum Gasteiger partial charge on any atom is -0.394 e. The Kier molecular flexibility index (Phi) is 4.93. The molecule has 1 unspecified atom stereocenters. The molecule has 122 valence electrons.